The molecule has 2 saturated heterocycles. The van der Waals surface area contributed by atoms with Gasteiger partial charge in [0.2, 0.25) is 5.91 Å². The van der Waals surface area contributed by atoms with Gasteiger partial charge in [-0.1, -0.05) is 69.4 Å². The van der Waals surface area contributed by atoms with Gasteiger partial charge >= 0.3 is 0 Å². The third-order valence-electron chi connectivity index (χ3n) is 7.98. The van der Waals surface area contributed by atoms with Crippen molar-refractivity contribution in [1.82, 2.24) is 4.90 Å². The molecule has 4 rings (SSSR count). The molecule has 0 radical (unpaired) electrons. The van der Waals surface area contributed by atoms with Gasteiger partial charge in [0.05, 0.1) is 5.56 Å². The Morgan fingerprint density at radius 1 is 0.865 bits per heavy atom. The molecule has 200 valence electrons. The second-order valence-electron chi connectivity index (χ2n) is 10.9. The molecule has 1 N–H and O–H groups in total. The first-order valence-corrected chi connectivity index (χ1v) is 14.7. The Hall–Kier alpha value is -2.82. The lowest BCUT2D eigenvalue weighted by molar-refractivity contribution is -0.116. The van der Waals surface area contributed by atoms with Crippen LogP contribution in [0.15, 0.2) is 48.5 Å². The van der Waals surface area contributed by atoms with Crippen molar-refractivity contribution in [2.75, 3.05) is 36.4 Å². The normalized spacial score (nSPS) is 16.2. The van der Waals surface area contributed by atoms with Crippen molar-refractivity contribution >= 4 is 23.2 Å². The summed E-state index contributed by atoms with van der Waals surface area (Å²) in [5.41, 5.74) is 3.90. The molecule has 5 heteroatoms. The van der Waals surface area contributed by atoms with Gasteiger partial charge in [0.25, 0.3) is 5.91 Å². The summed E-state index contributed by atoms with van der Waals surface area (Å²) >= 11 is 0. The molecule has 0 saturated carbocycles. The zero-order valence-corrected chi connectivity index (χ0v) is 22.7. The molecule has 2 aromatic carbocycles. The summed E-state index contributed by atoms with van der Waals surface area (Å²) in [6.45, 7) is 5.79. The molecule has 2 aromatic rings. The lowest BCUT2D eigenvalue weighted by Gasteiger charge is -2.35. The van der Waals surface area contributed by atoms with E-state index >= 15 is 0 Å². The van der Waals surface area contributed by atoms with Gasteiger partial charge in [0.15, 0.2) is 0 Å². The number of unbranched alkanes of at least 4 members (excludes halogenated alkanes) is 5. The number of carbonyl (C=O) groups is 2. The summed E-state index contributed by atoms with van der Waals surface area (Å²) in [5.74, 6) is 0.826. The van der Waals surface area contributed by atoms with Crippen LogP contribution in [-0.2, 0) is 11.2 Å². The Kier molecular flexibility index (Phi) is 10.5. The number of nitrogens with one attached hydrogen (secondary N) is 1. The number of piperidine rings is 1. The van der Waals surface area contributed by atoms with Crippen LogP contribution >= 0.6 is 0 Å². The largest absolute Gasteiger partial charge is 0.371 e. The summed E-state index contributed by atoms with van der Waals surface area (Å²) in [4.78, 5) is 30.5. The molecular weight excluding hydrogens is 458 g/mol. The second-order valence-corrected chi connectivity index (χ2v) is 10.9. The minimum Gasteiger partial charge on any atom is -0.371 e. The number of hydrogen-bond acceptors (Lipinski definition) is 3. The van der Waals surface area contributed by atoms with Gasteiger partial charge in [-0.25, -0.2) is 0 Å². The summed E-state index contributed by atoms with van der Waals surface area (Å²) in [6, 6.07) is 16.7. The van der Waals surface area contributed by atoms with Crippen molar-refractivity contribution in [2.24, 2.45) is 5.92 Å². The number of benzene rings is 2. The fourth-order valence-electron chi connectivity index (χ4n) is 5.77. The Morgan fingerprint density at radius 2 is 1.57 bits per heavy atom. The van der Waals surface area contributed by atoms with Crippen molar-refractivity contribution in [3.63, 3.8) is 0 Å². The quantitative estimate of drug-likeness (QED) is 0.315. The molecule has 0 aliphatic carbocycles. The summed E-state index contributed by atoms with van der Waals surface area (Å²) in [5, 5.41) is 3.07. The Bertz CT molecular complexity index is 992. The van der Waals surface area contributed by atoms with Crippen LogP contribution in [0.2, 0.25) is 0 Å². The maximum Gasteiger partial charge on any atom is 0.256 e. The molecule has 2 amide bonds. The SMILES string of the molecule is CCCCCCCCC(=O)Nc1ccc(N2CCC(Cc3ccccc3)CC2)c(C(=O)N2CCCC2)c1. The third kappa shape index (κ3) is 8.08. The summed E-state index contributed by atoms with van der Waals surface area (Å²) in [6.07, 6.45) is 13.1. The Labute approximate surface area is 223 Å². The number of anilines is 2. The van der Waals surface area contributed by atoms with Gasteiger partial charge < -0.3 is 15.1 Å². The van der Waals surface area contributed by atoms with Crippen LogP contribution < -0.4 is 10.2 Å². The highest BCUT2D eigenvalue weighted by Gasteiger charge is 2.27. The van der Waals surface area contributed by atoms with E-state index in [1.807, 2.05) is 17.0 Å². The third-order valence-corrected chi connectivity index (χ3v) is 7.98. The average molecular weight is 504 g/mol. The van der Waals surface area contributed by atoms with Gasteiger partial charge in [0, 0.05) is 44.0 Å². The Morgan fingerprint density at radius 3 is 2.30 bits per heavy atom. The van der Waals surface area contributed by atoms with E-state index in [4.69, 9.17) is 0 Å². The predicted octanol–water partition coefficient (Wildman–Crippen LogP) is 7.07. The van der Waals surface area contributed by atoms with Crippen LogP contribution in [0.1, 0.15) is 93.5 Å². The highest BCUT2D eigenvalue weighted by Crippen LogP contribution is 2.31. The standard InChI is InChI=1S/C32H45N3O2/c1-2-3-4-5-6-10-15-31(36)33-28-16-17-30(29(25-28)32(37)35-20-11-12-21-35)34-22-18-27(19-23-34)24-26-13-8-7-9-14-26/h7-9,13-14,16-17,25,27H,2-6,10-12,15,18-24H2,1H3,(H,33,36). The molecular formula is C32H45N3O2. The lowest BCUT2D eigenvalue weighted by Crippen LogP contribution is -2.36. The van der Waals surface area contributed by atoms with Gasteiger partial charge in [0.1, 0.15) is 0 Å². The van der Waals surface area contributed by atoms with Crippen molar-refractivity contribution in [3.8, 4) is 0 Å². The smallest absolute Gasteiger partial charge is 0.256 e. The first-order chi connectivity index (χ1) is 18.1. The lowest BCUT2D eigenvalue weighted by atomic mass is 9.89. The van der Waals surface area contributed by atoms with E-state index in [0.717, 1.165) is 88.1 Å². The average Bonchev–Trinajstić information content (AvgIpc) is 3.47. The van der Waals surface area contributed by atoms with E-state index in [1.54, 1.807) is 0 Å². The molecule has 0 atom stereocenters. The van der Waals surface area contributed by atoms with Crippen LogP contribution in [0.3, 0.4) is 0 Å². The number of likely N-dealkylation sites (tertiary alicyclic amines) is 1. The highest BCUT2D eigenvalue weighted by molar-refractivity contribution is 6.02. The maximum atomic E-state index is 13.5. The number of rotatable bonds is 12. The van der Waals surface area contributed by atoms with Crippen molar-refractivity contribution in [1.29, 1.82) is 0 Å². The molecule has 0 unspecified atom stereocenters. The molecule has 2 aliphatic heterocycles. The van der Waals surface area contributed by atoms with Crippen molar-refractivity contribution < 1.29 is 9.59 Å². The second kappa shape index (κ2) is 14.2. The molecule has 2 heterocycles. The number of nitrogens with zero attached hydrogens (tertiary/aromatic N) is 2. The van der Waals surface area contributed by atoms with E-state index in [2.05, 4.69) is 53.5 Å². The van der Waals surface area contributed by atoms with Crippen LogP contribution in [0.5, 0.6) is 0 Å². The number of hydrogen-bond donors (Lipinski definition) is 1. The molecule has 5 nitrogen and oxygen atoms in total. The number of carbonyl (C=O) groups excluding carboxylic acids is 2. The maximum absolute atomic E-state index is 13.5. The fourth-order valence-corrected chi connectivity index (χ4v) is 5.77. The van der Waals surface area contributed by atoms with E-state index in [-0.39, 0.29) is 11.8 Å². The topological polar surface area (TPSA) is 52.7 Å². The molecule has 37 heavy (non-hydrogen) atoms. The highest BCUT2D eigenvalue weighted by atomic mass is 16.2. The molecule has 0 bridgehead atoms. The summed E-state index contributed by atoms with van der Waals surface area (Å²) < 4.78 is 0. The zero-order chi connectivity index (χ0) is 25.9. The number of amides is 2. The van der Waals surface area contributed by atoms with E-state index in [1.165, 1.54) is 31.2 Å². The molecule has 0 spiro atoms. The molecule has 2 aliphatic rings. The van der Waals surface area contributed by atoms with E-state index in [0.29, 0.717) is 12.3 Å². The monoisotopic (exact) mass is 503 g/mol. The Balaban J connectivity index is 1.38. The fraction of sp³-hybridized carbons (Fsp3) is 0.562. The molecule has 2 fully saturated rings. The first-order valence-electron chi connectivity index (χ1n) is 14.7. The van der Waals surface area contributed by atoms with Crippen molar-refractivity contribution in [2.45, 2.75) is 84.0 Å². The van der Waals surface area contributed by atoms with Crippen LogP contribution in [0.4, 0.5) is 11.4 Å². The van der Waals surface area contributed by atoms with Gasteiger partial charge in [-0.3, -0.25) is 9.59 Å². The van der Waals surface area contributed by atoms with Crippen LogP contribution in [0, 0.1) is 5.92 Å². The van der Waals surface area contributed by atoms with Crippen LogP contribution in [0.25, 0.3) is 0 Å². The minimum absolute atomic E-state index is 0.0459. The summed E-state index contributed by atoms with van der Waals surface area (Å²) in [7, 11) is 0. The molecule has 0 aromatic heterocycles. The first kappa shape index (κ1) is 27.2. The van der Waals surface area contributed by atoms with Gasteiger partial charge in [-0.05, 0) is 68.2 Å². The van der Waals surface area contributed by atoms with E-state index < -0.39 is 0 Å². The minimum atomic E-state index is 0.0459. The zero-order valence-electron chi connectivity index (χ0n) is 22.7. The van der Waals surface area contributed by atoms with Crippen LogP contribution in [-0.4, -0.2) is 42.9 Å². The van der Waals surface area contributed by atoms with Crippen molar-refractivity contribution in [3.05, 3.63) is 59.7 Å². The predicted molar refractivity (Wildman–Crippen MR) is 153 cm³/mol. The van der Waals surface area contributed by atoms with E-state index in [9.17, 15) is 9.59 Å². The van der Waals surface area contributed by atoms with Gasteiger partial charge in [-0.2, -0.15) is 0 Å². The van der Waals surface area contributed by atoms with Gasteiger partial charge in [-0.15, -0.1) is 0 Å².